The molecule has 1 saturated heterocycles. The van der Waals surface area contributed by atoms with Crippen molar-refractivity contribution in [2.45, 2.75) is 38.8 Å². The van der Waals surface area contributed by atoms with Crippen LogP contribution in [0.2, 0.25) is 0 Å². The van der Waals surface area contributed by atoms with Gasteiger partial charge in [0.25, 0.3) is 0 Å². The van der Waals surface area contributed by atoms with Crippen molar-refractivity contribution in [3.8, 4) is 11.5 Å². The number of piperidine rings is 1. The van der Waals surface area contributed by atoms with E-state index in [-0.39, 0.29) is 42.6 Å². The van der Waals surface area contributed by atoms with Crippen LogP contribution < -0.4 is 14.8 Å². The third kappa shape index (κ3) is 6.93. The van der Waals surface area contributed by atoms with E-state index in [2.05, 4.69) is 10.1 Å². The Kier molecular flexibility index (Phi) is 8.41. The summed E-state index contributed by atoms with van der Waals surface area (Å²) in [6.45, 7) is 0.142. The Morgan fingerprint density at radius 2 is 1.88 bits per heavy atom. The van der Waals surface area contributed by atoms with Gasteiger partial charge in [0.05, 0.1) is 25.0 Å². The Hall–Kier alpha value is -3.16. The van der Waals surface area contributed by atoms with Crippen molar-refractivity contribution >= 4 is 11.8 Å². The first-order valence-electron chi connectivity index (χ1n) is 10.7. The van der Waals surface area contributed by atoms with E-state index in [0.717, 1.165) is 6.42 Å². The Morgan fingerprint density at radius 1 is 1.12 bits per heavy atom. The third-order valence-corrected chi connectivity index (χ3v) is 5.41. The predicted octanol–water partition coefficient (Wildman–Crippen LogP) is 4.17. The topological polar surface area (TPSA) is 67.9 Å². The van der Waals surface area contributed by atoms with Crippen LogP contribution in [0, 0.1) is 5.92 Å². The first-order valence-corrected chi connectivity index (χ1v) is 10.7. The Bertz CT molecular complexity index is 895. The summed E-state index contributed by atoms with van der Waals surface area (Å²) in [5.74, 6) is 0.253. The number of rotatable bonds is 9. The fourth-order valence-electron chi connectivity index (χ4n) is 3.72. The van der Waals surface area contributed by atoms with Gasteiger partial charge in [-0.2, -0.15) is 8.78 Å². The quantitative estimate of drug-likeness (QED) is 0.628. The van der Waals surface area contributed by atoms with Crippen LogP contribution >= 0.6 is 0 Å². The molecule has 1 aliphatic rings. The number of ether oxygens (including phenoxy) is 2. The molecule has 8 heteroatoms. The molecule has 1 fully saturated rings. The zero-order valence-corrected chi connectivity index (χ0v) is 18.0. The average molecular weight is 446 g/mol. The number of amides is 2. The number of para-hydroxylation sites is 1. The largest absolute Gasteiger partial charge is 0.493 e. The van der Waals surface area contributed by atoms with Crippen molar-refractivity contribution in [1.82, 2.24) is 10.2 Å². The minimum absolute atomic E-state index is 0.0386. The van der Waals surface area contributed by atoms with Crippen LogP contribution in [-0.2, 0) is 9.59 Å². The normalized spacial score (nSPS) is 17.0. The SMILES string of the molecule is CC(NC(=O)C1CCCN(C(=O)CCOc2ccccc2)C1)c1cccc(OC(F)F)c1. The molecule has 0 saturated carbocycles. The van der Waals surface area contributed by atoms with Crippen molar-refractivity contribution in [2.75, 3.05) is 19.7 Å². The second-order valence-corrected chi connectivity index (χ2v) is 7.77. The predicted molar refractivity (Wildman–Crippen MR) is 115 cm³/mol. The van der Waals surface area contributed by atoms with Crippen LogP contribution in [0.4, 0.5) is 8.78 Å². The maximum atomic E-state index is 12.8. The Labute approximate surface area is 186 Å². The van der Waals surface area contributed by atoms with Crippen LogP contribution in [0.5, 0.6) is 11.5 Å². The summed E-state index contributed by atoms with van der Waals surface area (Å²) in [4.78, 5) is 27.1. The third-order valence-electron chi connectivity index (χ3n) is 5.41. The summed E-state index contributed by atoms with van der Waals surface area (Å²) in [6.07, 6.45) is 1.68. The highest BCUT2D eigenvalue weighted by atomic mass is 19.3. The summed E-state index contributed by atoms with van der Waals surface area (Å²) in [5.41, 5.74) is 0.665. The van der Waals surface area contributed by atoms with Crippen LogP contribution in [0.1, 0.15) is 37.8 Å². The lowest BCUT2D eigenvalue weighted by Gasteiger charge is -2.32. The zero-order valence-electron chi connectivity index (χ0n) is 18.0. The van der Waals surface area contributed by atoms with Gasteiger partial charge in [-0.1, -0.05) is 30.3 Å². The molecule has 1 aliphatic heterocycles. The summed E-state index contributed by atoms with van der Waals surface area (Å²) in [6, 6.07) is 15.2. The molecule has 172 valence electrons. The number of nitrogens with zero attached hydrogens (tertiary/aromatic N) is 1. The monoisotopic (exact) mass is 446 g/mol. The lowest BCUT2D eigenvalue weighted by molar-refractivity contribution is -0.136. The number of hydrogen-bond acceptors (Lipinski definition) is 4. The molecule has 3 rings (SSSR count). The van der Waals surface area contributed by atoms with Crippen molar-refractivity contribution in [3.05, 3.63) is 60.2 Å². The molecule has 2 aromatic rings. The number of carbonyl (C=O) groups is 2. The minimum Gasteiger partial charge on any atom is -0.493 e. The van der Waals surface area contributed by atoms with Gasteiger partial charge in [0.2, 0.25) is 11.8 Å². The van der Waals surface area contributed by atoms with Crippen molar-refractivity contribution in [3.63, 3.8) is 0 Å². The Balaban J connectivity index is 1.48. The molecule has 0 radical (unpaired) electrons. The standard InChI is InChI=1S/C24H28F2N2O4/c1-17(18-7-5-11-21(15-18)32-24(25)26)27-23(30)19-8-6-13-28(16-19)22(29)12-14-31-20-9-3-2-4-10-20/h2-5,7,9-11,15,17,19,24H,6,8,12-14,16H2,1H3,(H,27,30). The first-order chi connectivity index (χ1) is 15.4. The maximum absolute atomic E-state index is 12.8. The number of alkyl halides is 2. The molecule has 0 bridgehead atoms. The molecule has 0 spiro atoms. The summed E-state index contributed by atoms with van der Waals surface area (Å²) in [7, 11) is 0. The van der Waals surface area contributed by atoms with E-state index in [1.807, 2.05) is 30.3 Å². The maximum Gasteiger partial charge on any atom is 0.387 e. The Morgan fingerprint density at radius 3 is 2.62 bits per heavy atom. The summed E-state index contributed by atoms with van der Waals surface area (Å²) < 4.78 is 34.9. The lowest BCUT2D eigenvalue weighted by Crippen LogP contribution is -2.46. The number of nitrogens with one attached hydrogen (secondary N) is 1. The van der Waals surface area contributed by atoms with E-state index in [9.17, 15) is 18.4 Å². The van der Waals surface area contributed by atoms with Gasteiger partial charge in [-0.25, -0.2) is 0 Å². The van der Waals surface area contributed by atoms with Gasteiger partial charge in [-0.15, -0.1) is 0 Å². The molecule has 1 heterocycles. The molecule has 1 N–H and O–H groups in total. The number of hydrogen-bond donors (Lipinski definition) is 1. The highest BCUT2D eigenvalue weighted by molar-refractivity contribution is 5.81. The molecule has 2 amide bonds. The van der Waals surface area contributed by atoms with E-state index >= 15 is 0 Å². The molecular formula is C24H28F2N2O4. The fraction of sp³-hybridized carbons (Fsp3) is 0.417. The zero-order chi connectivity index (χ0) is 22.9. The first kappa shape index (κ1) is 23.5. The smallest absolute Gasteiger partial charge is 0.387 e. The molecule has 2 aromatic carbocycles. The molecule has 6 nitrogen and oxygen atoms in total. The van der Waals surface area contributed by atoms with Gasteiger partial charge in [-0.3, -0.25) is 9.59 Å². The van der Waals surface area contributed by atoms with E-state index < -0.39 is 6.61 Å². The average Bonchev–Trinajstić information content (AvgIpc) is 2.79. The second-order valence-electron chi connectivity index (χ2n) is 7.77. The molecule has 2 unspecified atom stereocenters. The van der Waals surface area contributed by atoms with Crippen LogP contribution in [0.25, 0.3) is 0 Å². The number of benzene rings is 2. The fourth-order valence-corrected chi connectivity index (χ4v) is 3.72. The van der Waals surface area contributed by atoms with Crippen LogP contribution in [0.15, 0.2) is 54.6 Å². The minimum atomic E-state index is -2.90. The van der Waals surface area contributed by atoms with E-state index in [1.54, 1.807) is 24.0 Å². The van der Waals surface area contributed by atoms with Crippen LogP contribution in [-0.4, -0.2) is 43.0 Å². The molecule has 0 aliphatic carbocycles. The van der Waals surface area contributed by atoms with Crippen LogP contribution in [0.3, 0.4) is 0 Å². The summed E-state index contributed by atoms with van der Waals surface area (Å²) in [5, 5.41) is 2.93. The highest BCUT2D eigenvalue weighted by Crippen LogP contribution is 2.23. The van der Waals surface area contributed by atoms with Crippen molar-refractivity contribution < 1.29 is 27.8 Å². The van der Waals surface area contributed by atoms with Gasteiger partial charge >= 0.3 is 6.61 Å². The van der Waals surface area contributed by atoms with Gasteiger partial charge in [0, 0.05) is 13.1 Å². The van der Waals surface area contributed by atoms with Crippen molar-refractivity contribution in [2.24, 2.45) is 5.92 Å². The van der Waals surface area contributed by atoms with E-state index in [1.165, 1.54) is 12.1 Å². The van der Waals surface area contributed by atoms with E-state index in [0.29, 0.717) is 30.8 Å². The summed E-state index contributed by atoms with van der Waals surface area (Å²) >= 11 is 0. The number of halogens is 2. The van der Waals surface area contributed by atoms with Gasteiger partial charge in [0.1, 0.15) is 11.5 Å². The van der Waals surface area contributed by atoms with E-state index in [4.69, 9.17) is 4.74 Å². The molecule has 2 atom stereocenters. The van der Waals surface area contributed by atoms with Gasteiger partial charge in [-0.05, 0) is 49.6 Å². The number of carbonyl (C=O) groups excluding carboxylic acids is 2. The highest BCUT2D eigenvalue weighted by Gasteiger charge is 2.29. The lowest BCUT2D eigenvalue weighted by atomic mass is 9.96. The molecule has 32 heavy (non-hydrogen) atoms. The number of likely N-dealkylation sites (tertiary alicyclic amines) is 1. The van der Waals surface area contributed by atoms with Gasteiger partial charge in [0.15, 0.2) is 0 Å². The van der Waals surface area contributed by atoms with Gasteiger partial charge < -0.3 is 19.7 Å². The molecule has 0 aromatic heterocycles. The molecular weight excluding hydrogens is 418 g/mol. The second kappa shape index (κ2) is 11.5. The van der Waals surface area contributed by atoms with Crippen molar-refractivity contribution in [1.29, 1.82) is 0 Å².